The Morgan fingerprint density at radius 2 is 2.13 bits per heavy atom. The number of hydrogen-bond acceptors (Lipinski definition) is 2. The highest BCUT2D eigenvalue weighted by molar-refractivity contribution is 5.75. The van der Waals surface area contributed by atoms with E-state index in [0.717, 1.165) is 16.9 Å². The van der Waals surface area contributed by atoms with E-state index in [9.17, 15) is 4.39 Å². The first kappa shape index (κ1) is 10.1. The number of imidazole rings is 1. The van der Waals surface area contributed by atoms with E-state index in [4.69, 9.17) is 5.73 Å². The number of benzene rings is 1. The lowest BCUT2D eigenvalue weighted by atomic mass is 10.3. The van der Waals surface area contributed by atoms with Crippen LogP contribution >= 0.6 is 0 Å². The molecule has 0 aliphatic rings. The molecule has 0 spiro atoms. The lowest BCUT2D eigenvalue weighted by Gasteiger charge is -2.04. The molecule has 0 radical (unpaired) electrons. The second-order valence-corrected chi connectivity index (χ2v) is 3.40. The Bertz CT molecular complexity index is 450. The van der Waals surface area contributed by atoms with Crippen LogP contribution < -0.4 is 5.73 Å². The maximum absolute atomic E-state index is 12.4. The van der Waals surface area contributed by atoms with Crippen molar-refractivity contribution in [3.05, 3.63) is 30.1 Å². The molecule has 2 aromatic rings. The summed E-state index contributed by atoms with van der Waals surface area (Å²) >= 11 is 0. The number of rotatable bonds is 4. The molecule has 0 saturated carbocycles. The quantitative estimate of drug-likeness (QED) is 0.825. The fourth-order valence-corrected chi connectivity index (χ4v) is 1.78. The maximum atomic E-state index is 12.4. The first-order valence-corrected chi connectivity index (χ1v) is 5.07. The van der Waals surface area contributed by atoms with Crippen molar-refractivity contribution in [3.8, 4) is 0 Å². The van der Waals surface area contributed by atoms with E-state index >= 15 is 0 Å². The average molecular weight is 207 g/mol. The summed E-state index contributed by atoms with van der Waals surface area (Å²) in [6.45, 7) is 0.517. The van der Waals surface area contributed by atoms with Gasteiger partial charge in [-0.05, 0) is 18.7 Å². The van der Waals surface area contributed by atoms with Crippen LogP contribution in [0.3, 0.4) is 0 Å². The highest BCUT2D eigenvalue weighted by Gasteiger charge is 2.08. The number of halogens is 1. The van der Waals surface area contributed by atoms with Crippen molar-refractivity contribution < 1.29 is 4.39 Å². The molecule has 15 heavy (non-hydrogen) atoms. The molecular formula is C11H14FN3. The second-order valence-electron chi connectivity index (χ2n) is 3.40. The van der Waals surface area contributed by atoms with Gasteiger partial charge in [0.15, 0.2) is 0 Å². The Morgan fingerprint density at radius 3 is 2.87 bits per heavy atom. The average Bonchev–Trinajstić information content (AvgIpc) is 2.59. The fourth-order valence-electron chi connectivity index (χ4n) is 1.78. The van der Waals surface area contributed by atoms with Gasteiger partial charge < -0.3 is 10.3 Å². The number of aryl methyl sites for hydroxylation is 1. The van der Waals surface area contributed by atoms with Gasteiger partial charge in [-0.15, -0.1) is 0 Å². The molecule has 2 rings (SSSR count). The Labute approximate surface area is 87.7 Å². The molecule has 80 valence electrons. The molecule has 0 saturated heterocycles. The first-order chi connectivity index (χ1) is 7.36. The van der Waals surface area contributed by atoms with Crippen LogP contribution in [-0.4, -0.2) is 22.8 Å². The number of aromatic nitrogens is 2. The van der Waals surface area contributed by atoms with E-state index in [2.05, 4.69) is 4.98 Å². The molecule has 2 N–H and O–H groups in total. The summed E-state index contributed by atoms with van der Waals surface area (Å²) in [4.78, 5) is 4.44. The van der Waals surface area contributed by atoms with E-state index in [1.807, 2.05) is 28.8 Å². The summed E-state index contributed by atoms with van der Waals surface area (Å²) in [7, 11) is 0. The van der Waals surface area contributed by atoms with Crippen LogP contribution in [0.4, 0.5) is 4.39 Å². The normalized spacial score (nSPS) is 11.1. The summed E-state index contributed by atoms with van der Waals surface area (Å²) in [5, 5.41) is 0. The number of nitrogens with two attached hydrogens (primary N) is 1. The van der Waals surface area contributed by atoms with Crippen LogP contribution in [-0.2, 0) is 13.0 Å². The van der Waals surface area contributed by atoms with Gasteiger partial charge in [0.25, 0.3) is 0 Å². The summed E-state index contributed by atoms with van der Waals surface area (Å²) in [5.41, 5.74) is 7.40. The number of nitrogens with zero attached hydrogens (tertiary/aromatic N) is 2. The van der Waals surface area contributed by atoms with Gasteiger partial charge in [0.1, 0.15) is 12.5 Å². The zero-order chi connectivity index (χ0) is 10.7. The van der Waals surface area contributed by atoms with Gasteiger partial charge in [0.2, 0.25) is 0 Å². The fraction of sp³-hybridized carbons (Fsp3) is 0.364. The van der Waals surface area contributed by atoms with Crippen molar-refractivity contribution in [1.29, 1.82) is 0 Å². The van der Waals surface area contributed by atoms with Crippen molar-refractivity contribution in [2.24, 2.45) is 5.73 Å². The van der Waals surface area contributed by atoms with Gasteiger partial charge in [-0.25, -0.2) is 9.37 Å². The van der Waals surface area contributed by atoms with Crippen LogP contribution in [0.1, 0.15) is 5.82 Å². The number of fused-ring (bicyclic) bond motifs is 1. The zero-order valence-corrected chi connectivity index (χ0v) is 8.49. The number of para-hydroxylation sites is 2. The third kappa shape index (κ3) is 1.85. The topological polar surface area (TPSA) is 43.8 Å². The van der Waals surface area contributed by atoms with Gasteiger partial charge >= 0.3 is 0 Å². The molecule has 0 fully saturated rings. The minimum Gasteiger partial charge on any atom is -0.330 e. The SMILES string of the molecule is NCCc1nc2ccccc2n1CCF. The molecule has 1 aromatic heterocycles. The maximum Gasteiger partial charge on any atom is 0.111 e. The lowest BCUT2D eigenvalue weighted by Crippen LogP contribution is -2.10. The predicted molar refractivity (Wildman–Crippen MR) is 58.5 cm³/mol. The van der Waals surface area contributed by atoms with Crippen molar-refractivity contribution in [3.63, 3.8) is 0 Å². The van der Waals surface area contributed by atoms with Gasteiger partial charge in [-0.1, -0.05) is 12.1 Å². The van der Waals surface area contributed by atoms with Crippen LogP contribution in [0.5, 0.6) is 0 Å². The third-order valence-electron chi connectivity index (χ3n) is 2.41. The molecule has 0 atom stereocenters. The van der Waals surface area contributed by atoms with Crippen LogP contribution in [0.15, 0.2) is 24.3 Å². The Hall–Kier alpha value is -1.42. The number of alkyl halides is 1. The molecular weight excluding hydrogens is 193 g/mol. The van der Waals surface area contributed by atoms with Crippen LogP contribution in [0.2, 0.25) is 0 Å². The van der Waals surface area contributed by atoms with Gasteiger partial charge in [-0.2, -0.15) is 0 Å². The summed E-state index contributed by atoms with van der Waals surface area (Å²) in [6.07, 6.45) is 0.689. The second kappa shape index (κ2) is 4.40. The molecule has 4 heteroatoms. The first-order valence-electron chi connectivity index (χ1n) is 5.07. The van der Waals surface area contributed by atoms with Gasteiger partial charge in [0, 0.05) is 6.42 Å². The minimum absolute atomic E-state index is 0.357. The van der Waals surface area contributed by atoms with Gasteiger partial charge in [0.05, 0.1) is 17.6 Å². The largest absolute Gasteiger partial charge is 0.330 e. The molecule has 3 nitrogen and oxygen atoms in total. The highest BCUT2D eigenvalue weighted by Crippen LogP contribution is 2.16. The zero-order valence-electron chi connectivity index (χ0n) is 8.49. The molecule has 0 aliphatic heterocycles. The summed E-state index contributed by atoms with van der Waals surface area (Å²) in [6, 6.07) is 7.76. The molecule has 1 heterocycles. The van der Waals surface area contributed by atoms with Gasteiger partial charge in [-0.3, -0.25) is 0 Å². The molecule has 0 amide bonds. The Kier molecular flexibility index (Phi) is 2.97. The number of hydrogen-bond donors (Lipinski definition) is 1. The minimum atomic E-state index is -0.377. The highest BCUT2D eigenvalue weighted by atomic mass is 19.1. The molecule has 0 aliphatic carbocycles. The standard InChI is InChI=1S/C11H14FN3/c12-6-8-15-10-4-2-1-3-9(10)14-11(15)5-7-13/h1-4H,5-8,13H2. The monoisotopic (exact) mass is 207 g/mol. The van der Waals surface area contributed by atoms with E-state index in [1.54, 1.807) is 0 Å². The van der Waals surface area contributed by atoms with Crippen molar-refractivity contribution in [2.75, 3.05) is 13.2 Å². The summed E-state index contributed by atoms with van der Waals surface area (Å²) < 4.78 is 14.3. The third-order valence-corrected chi connectivity index (χ3v) is 2.41. The van der Waals surface area contributed by atoms with Crippen molar-refractivity contribution in [2.45, 2.75) is 13.0 Å². The van der Waals surface area contributed by atoms with E-state index in [1.165, 1.54) is 0 Å². The molecule has 0 unspecified atom stereocenters. The Morgan fingerprint density at radius 1 is 1.33 bits per heavy atom. The molecule has 1 aromatic carbocycles. The van der Waals surface area contributed by atoms with Crippen molar-refractivity contribution >= 4 is 11.0 Å². The van der Waals surface area contributed by atoms with Crippen molar-refractivity contribution in [1.82, 2.24) is 9.55 Å². The van der Waals surface area contributed by atoms with Crippen LogP contribution in [0.25, 0.3) is 11.0 Å². The smallest absolute Gasteiger partial charge is 0.111 e. The lowest BCUT2D eigenvalue weighted by molar-refractivity contribution is 0.444. The van der Waals surface area contributed by atoms with Crippen LogP contribution in [0, 0.1) is 0 Å². The van der Waals surface area contributed by atoms with E-state index < -0.39 is 0 Å². The van der Waals surface area contributed by atoms with E-state index in [0.29, 0.717) is 19.5 Å². The Balaban J connectivity index is 2.53. The molecule has 0 bridgehead atoms. The predicted octanol–water partition coefficient (Wildman–Crippen LogP) is 1.51. The summed E-state index contributed by atoms with van der Waals surface area (Å²) in [5.74, 6) is 0.872. The van der Waals surface area contributed by atoms with E-state index in [-0.39, 0.29) is 6.67 Å².